The van der Waals surface area contributed by atoms with Crippen molar-refractivity contribution in [3.05, 3.63) is 95.7 Å². The molecule has 1 fully saturated rings. The summed E-state index contributed by atoms with van der Waals surface area (Å²) < 4.78 is 19.2. The van der Waals surface area contributed by atoms with Gasteiger partial charge in [-0.15, -0.1) is 6.58 Å². The van der Waals surface area contributed by atoms with E-state index >= 15 is 0 Å². The number of halogens is 1. The highest BCUT2D eigenvalue weighted by Crippen LogP contribution is 2.30. The summed E-state index contributed by atoms with van der Waals surface area (Å²) in [6.07, 6.45) is 14.8. The maximum absolute atomic E-state index is 14.0. The molecule has 2 heterocycles. The zero-order valence-electron chi connectivity index (χ0n) is 25.1. The fourth-order valence-corrected chi connectivity index (χ4v) is 4.33. The Morgan fingerprint density at radius 2 is 2.02 bits per heavy atom. The molecule has 0 N–H and O–H groups in total. The van der Waals surface area contributed by atoms with Crippen molar-refractivity contribution in [2.75, 3.05) is 47.4 Å². The summed E-state index contributed by atoms with van der Waals surface area (Å²) >= 11 is 0. The van der Waals surface area contributed by atoms with Crippen molar-refractivity contribution in [1.29, 1.82) is 0 Å². The molecule has 0 saturated carbocycles. The van der Waals surface area contributed by atoms with E-state index in [2.05, 4.69) is 66.0 Å². The van der Waals surface area contributed by atoms with E-state index in [1.54, 1.807) is 25.4 Å². The van der Waals surface area contributed by atoms with E-state index in [9.17, 15) is 4.39 Å². The van der Waals surface area contributed by atoms with E-state index < -0.39 is 5.82 Å². The minimum absolute atomic E-state index is 0.189. The monoisotopic (exact) mass is 544 g/mol. The predicted molar refractivity (Wildman–Crippen MR) is 167 cm³/mol. The van der Waals surface area contributed by atoms with E-state index in [0.29, 0.717) is 11.6 Å². The van der Waals surface area contributed by atoms with E-state index in [-0.39, 0.29) is 5.75 Å². The van der Waals surface area contributed by atoms with Crippen molar-refractivity contribution in [2.45, 2.75) is 40.0 Å². The second-order valence-electron chi connectivity index (χ2n) is 10.1. The molecule has 2 aromatic rings. The molecule has 5 nitrogen and oxygen atoms in total. The highest BCUT2D eigenvalue weighted by molar-refractivity contribution is 5.85. The third kappa shape index (κ3) is 9.81. The molecule has 1 aromatic heterocycles. The average Bonchev–Trinajstić information content (AvgIpc) is 2.93. The summed E-state index contributed by atoms with van der Waals surface area (Å²) in [5.41, 5.74) is 4.88. The van der Waals surface area contributed by atoms with Gasteiger partial charge in [0.15, 0.2) is 11.6 Å². The normalized spacial score (nSPS) is 13.9. The Hall–Kier alpha value is -3.69. The third-order valence-electron chi connectivity index (χ3n) is 6.61. The van der Waals surface area contributed by atoms with Crippen molar-refractivity contribution < 1.29 is 9.13 Å². The van der Waals surface area contributed by atoms with Crippen LogP contribution in [0, 0.1) is 30.8 Å². The lowest BCUT2D eigenvalue weighted by Crippen LogP contribution is -2.44. The Kier molecular flexibility index (Phi) is 13.9. The minimum Gasteiger partial charge on any atom is -0.494 e. The number of unbranched alkanes of at least 4 members (excludes halogenated alkanes) is 1. The van der Waals surface area contributed by atoms with Crippen molar-refractivity contribution in [3.63, 3.8) is 0 Å². The quantitative estimate of drug-likeness (QED) is 0.154. The molecule has 3 rings (SSSR count). The summed E-state index contributed by atoms with van der Waals surface area (Å²) in [6, 6.07) is 9.46. The van der Waals surface area contributed by atoms with Gasteiger partial charge in [-0.3, -0.25) is 4.99 Å². The SMILES string of the molecule is C=C/C=C(/c1c#cc(/C=C(\C=NC)N2CC(C)C2)nc1)c1cc(OC)c(F)cc1C.C=CCCN(C)CCCC. The summed E-state index contributed by atoms with van der Waals surface area (Å²) in [4.78, 5) is 13.3. The Bertz CT molecular complexity index is 1180. The van der Waals surface area contributed by atoms with Crippen LogP contribution in [-0.2, 0) is 0 Å². The molecule has 1 saturated heterocycles. The molecule has 0 atom stereocenters. The predicted octanol–water partition coefficient (Wildman–Crippen LogP) is 7.04. The van der Waals surface area contributed by atoms with Gasteiger partial charge in [0.1, 0.15) is 5.69 Å². The molecule has 0 aliphatic carbocycles. The summed E-state index contributed by atoms with van der Waals surface area (Å²) in [6.45, 7) is 18.2. The number of nitrogens with zero attached hydrogens (tertiary/aromatic N) is 4. The van der Waals surface area contributed by atoms with E-state index in [1.807, 2.05) is 31.4 Å². The number of hydrogen-bond acceptors (Lipinski definition) is 5. The maximum atomic E-state index is 14.0. The minimum atomic E-state index is -0.392. The van der Waals surface area contributed by atoms with Crippen molar-refractivity contribution >= 4 is 17.9 Å². The first-order chi connectivity index (χ1) is 19.3. The number of hydrogen-bond donors (Lipinski definition) is 0. The van der Waals surface area contributed by atoms with Crippen LogP contribution in [0.3, 0.4) is 0 Å². The molecule has 0 radical (unpaired) electrons. The van der Waals surface area contributed by atoms with Gasteiger partial charge in [-0.2, -0.15) is 0 Å². The van der Waals surface area contributed by atoms with Gasteiger partial charge in [0, 0.05) is 39.1 Å². The zero-order valence-corrected chi connectivity index (χ0v) is 25.1. The first-order valence-corrected chi connectivity index (χ1v) is 13.9. The van der Waals surface area contributed by atoms with Crippen LogP contribution in [0.5, 0.6) is 5.75 Å². The smallest absolute Gasteiger partial charge is 0.165 e. The molecule has 1 aliphatic heterocycles. The first-order valence-electron chi connectivity index (χ1n) is 13.9. The number of aliphatic imine (C=N–C) groups is 1. The van der Waals surface area contributed by atoms with Gasteiger partial charge in [0.2, 0.25) is 0 Å². The largest absolute Gasteiger partial charge is 0.494 e. The third-order valence-corrected chi connectivity index (χ3v) is 6.61. The van der Waals surface area contributed by atoms with Crippen LogP contribution >= 0.6 is 0 Å². The molecule has 0 spiro atoms. The molecular formula is C34H45FN4O. The lowest BCUT2D eigenvalue weighted by Gasteiger charge is -2.39. The van der Waals surface area contributed by atoms with E-state index in [0.717, 1.165) is 54.0 Å². The van der Waals surface area contributed by atoms with Crippen molar-refractivity contribution in [2.24, 2.45) is 10.9 Å². The van der Waals surface area contributed by atoms with Crippen LogP contribution in [0.15, 0.2) is 60.4 Å². The van der Waals surface area contributed by atoms with Gasteiger partial charge in [0.25, 0.3) is 0 Å². The number of aryl methyl sites for hydroxylation is 1. The summed E-state index contributed by atoms with van der Waals surface area (Å²) in [7, 11) is 5.38. The highest BCUT2D eigenvalue weighted by Gasteiger charge is 2.23. The van der Waals surface area contributed by atoms with Crippen LogP contribution in [0.2, 0.25) is 0 Å². The Labute approximate surface area is 241 Å². The number of allylic oxidation sites excluding steroid dienone is 3. The van der Waals surface area contributed by atoms with Crippen LogP contribution in [0.1, 0.15) is 55.5 Å². The van der Waals surface area contributed by atoms with Crippen LogP contribution in [0.4, 0.5) is 4.39 Å². The molecular weight excluding hydrogens is 499 g/mol. The van der Waals surface area contributed by atoms with E-state index in [1.165, 1.54) is 32.6 Å². The molecule has 0 amide bonds. The topological polar surface area (TPSA) is 41.0 Å². The Morgan fingerprint density at radius 3 is 2.58 bits per heavy atom. The van der Waals surface area contributed by atoms with Crippen LogP contribution in [-0.4, -0.2) is 68.4 Å². The molecule has 40 heavy (non-hydrogen) atoms. The number of rotatable bonds is 13. The number of ether oxygens (including phenoxy) is 1. The first kappa shape index (κ1) is 32.5. The number of benzene rings is 1. The van der Waals surface area contributed by atoms with Gasteiger partial charge in [0.05, 0.1) is 18.4 Å². The number of aromatic nitrogens is 1. The molecule has 6 heteroatoms. The number of likely N-dealkylation sites (tertiary alicyclic amines) is 1. The lowest BCUT2D eigenvalue weighted by atomic mass is 9.95. The second kappa shape index (κ2) is 17.1. The summed E-state index contributed by atoms with van der Waals surface area (Å²) in [5, 5.41) is 0. The summed E-state index contributed by atoms with van der Waals surface area (Å²) in [5.74, 6) is 0.484. The second-order valence-corrected chi connectivity index (χ2v) is 10.1. The maximum Gasteiger partial charge on any atom is 0.165 e. The number of methoxy groups -OCH3 is 1. The van der Waals surface area contributed by atoms with Gasteiger partial charge < -0.3 is 14.5 Å². The van der Waals surface area contributed by atoms with Gasteiger partial charge in [-0.25, -0.2) is 9.37 Å². The van der Waals surface area contributed by atoms with Crippen molar-refractivity contribution in [3.8, 4) is 5.75 Å². The zero-order chi connectivity index (χ0) is 29.5. The van der Waals surface area contributed by atoms with E-state index in [4.69, 9.17) is 4.74 Å². The van der Waals surface area contributed by atoms with Gasteiger partial charge in [-0.1, -0.05) is 51.1 Å². The fourth-order valence-electron chi connectivity index (χ4n) is 4.33. The molecule has 0 unspecified atom stereocenters. The molecule has 1 aliphatic rings. The van der Waals surface area contributed by atoms with Crippen molar-refractivity contribution in [1.82, 2.24) is 14.8 Å². The van der Waals surface area contributed by atoms with Gasteiger partial charge >= 0.3 is 0 Å². The van der Waals surface area contributed by atoms with Crippen LogP contribution in [0.25, 0.3) is 11.6 Å². The fraction of sp³-hybridized carbons (Fsp3) is 0.412. The Balaban J connectivity index is 0.000000478. The lowest BCUT2D eigenvalue weighted by molar-refractivity contribution is 0.169. The standard InChI is InChI=1S/C25H26FN3O.C9H19N/c1-6-7-22(23-12-25(30-5)24(26)10-18(23)3)19-8-9-20(28-13-19)11-21(14-27-4)29-15-17(2)16-29;1-4-6-8-10(3)9-7-5-2/h6-7,10-14,17H,1,15-16H2,2-5H3;4H,1,5-9H2,2-3H3/b21-11+,22-7-,27-14?;. The molecule has 1 aromatic carbocycles. The average molecular weight is 545 g/mol. The van der Waals surface area contributed by atoms with Gasteiger partial charge in [-0.05, 0) is 80.3 Å². The molecule has 0 bridgehead atoms. The molecule has 214 valence electrons. The van der Waals surface area contributed by atoms with Crippen LogP contribution < -0.4 is 4.74 Å². The Morgan fingerprint density at radius 1 is 1.27 bits per heavy atom. The highest BCUT2D eigenvalue weighted by atomic mass is 19.1.